The Kier molecular flexibility index (Phi) is 7.49. The number of nitrogens with one attached hydrogen (secondary N) is 2. The van der Waals surface area contributed by atoms with Gasteiger partial charge in [-0.25, -0.2) is 8.42 Å². The van der Waals surface area contributed by atoms with Crippen LogP contribution in [0.1, 0.15) is 34.6 Å². The van der Waals surface area contributed by atoms with E-state index in [4.69, 9.17) is 4.84 Å². The van der Waals surface area contributed by atoms with Gasteiger partial charge in [-0.05, 0) is 36.2 Å². The molecule has 2 amide bonds. The van der Waals surface area contributed by atoms with E-state index in [-0.39, 0.29) is 22.3 Å². The maximum atomic E-state index is 12.7. The van der Waals surface area contributed by atoms with Gasteiger partial charge in [-0.2, -0.15) is 0 Å². The summed E-state index contributed by atoms with van der Waals surface area (Å²) < 4.78 is 25.5. The van der Waals surface area contributed by atoms with Gasteiger partial charge in [0, 0.05) is 19.2 Å². The highest BCUT2D eigenvalue weighted by atomic mass is 32.2. The van der Waals surface area contributed by atoms with Crippen molar-refractivity contribution < 1.29 is 22.8 Å². The van der Waals surface area contributed by atoms with E-state index in [0.717, 1.165) is 0 Å². The monoisotopic (exact) mass is 419 g/mol. The molecule has 29 heavy (non-hydrogen) atoms. The second kappa shape index (κ2) is 9.64. The van der Waals surface area contributed by atoms with E-state index < -0.39 is 15.9 Å². The number of nitrogens with zero attached hydrogens (tertiary/aromatic N) is 1. The Bertz CT molecular complexity index is 989. The number of para-hydroxylation sites is 1. The summed E-state index contributed by atoms with van der Waals surface area (Å²) in [5.41, 5.74) is 0.790. The Morgan fingerprint density at radius 2 is 1.76 bits per heavy atom. The number of carbonyl (C=O) groups is 2. The van der Waals surface area contributed by atoms with Gasteiger partial charge in [-0.1, -0.05) is 36.5 Å². The number of hydroxylamine groups is 1. The van der Waals surface area contributed by atoms with Crippen molar-refractivity contribution in [1.29, 1.82) is 0 Å². The molecule has 2 rings (SSSR count). The van der Waals surface area contributed by atoms with Gasteiger partial charge in [0.1, 0.15) is 0 Å². The fraction of sp³-hybridized carbons (Fsp3) is 0.300. The van der Waals surface area contributed by atoms with Gasteiger partial charge in [-0.15, -0.1) is 0 Å². The summed E-state index contributed by atoms with van der Waals surface area (Å²) in [4.78, 5) is 29.8. The number of sulfonamides is 1. The Hall–Kier alpha value is -2.75. The minimum atomic E-state index is -3.89. The zero-order valence-corrected chi connectivity index (χ0v) is 17.6. The number of carbonyl (C=O) groups excluding carboxylic acids is 2. The van der Waals surface area contributed by atoms with Gasteiger partial charge in [-0.3, -0.25) is 14.4 Å². The molecular formula is C20H25N3O5S. The van der Waals surface area contributed by atoms with E-state index in [9.17, 15) is 18.0 Å². The third kappa shape index (κ3) is 5.63. The molecule has 9 heteroatoms. The molecule has 0 aliphatic carbocycles. The van der Waals surface area contributed by atoms with E-state index in [0.29, 0.717) is 22.3 Å². The van der Waals surface area contributed by atoms with Crippen molar-refractivity contribution in [2.75, 3.05) is 26.0 Å². The van der Waals surface area contributed by atoms with Gasteiger partial charge >= 0.3 is 0 Å². The maximum absolute atomic E-state index is 12.7. The van der Waals surface area contributed by atoms with Crippen molar-refractivity contribution in [2.24, 2.45) is 5.92 Å². The SMILES string of the molecule is CON(C)S(=O)(=O)c1cccc(C(=O)Nc2ccccc2C(=O)NCC(C)C)c1. The van der Waals surface area contributed by atoms with Crippen LogP contribution in [0.5, 0.6) is 0 Å². The molecule has 0 atom stereocenters. The Balaban J connectivity index is 2.26. The minimum absolute atomic E-state index is 0.0857. The lowest BCUT2D eigenvalue weighted by Crippen LogP contribution is -2.28. The van der Waals surface area contributed by atoms with Crippen LogP contribution in [0.3, 0.4) is 0 Å². The van der Waals surface area contributed by atoms with Crippen LogP contribution in [0.25, 0.3) is 0 Å². The molecular weight excluding hydrogens is 394 g/mol. The molecule has 0 aliphatic rings. The first-order valence-corrected chi connectivity index (χ1v) is 10.4. The predicted molar refractivity (Wildman–Crippen MR) is 110 cm³/mol. The Labute approximate surface area is 170 Å². The molecule has 8 nitrogen and oxygen atoms in total. The fourth-order valence-corrected chi connectivity index (χ4v) is 3.44. The van der Waals surface area contributed by atoms with Crippen molar-refractivity contribution in [3.8, 4) is 0 Å². The van der Waals surface area contributed by atoms with E-state index in [1.807, 2.05) is 13.8 Å². The highest BCUT2D eigenvalue weighted by molar-refractivity contribution is 7.89. The summed E-state index contributed by atoms with van der Waals surface area (Å²) in [7, 11) is -1.40. The van der Waals surface area contributed by atoms with Gasteiger partial charge in [0.25, 0.3) is 21.8 Å². The molecule has 0 spiro atoms. The minimum Gasteiger partial charge on any atom is -0.352 e. The third-order valence-corrected chi connectivity index (χ3v) is 5.76. The lowest BCUT2D eigenvalue weighted by molar-refractivity contribution is -0.0258. The van der Waals surface area contributed by atoms with Crippen LogP contribution in [0.2, 0.25) is 0 Å². The smallest absolute Gasteiger partial charge is 0.264 e. The molecule has 0 bridgehead atoms. The summed E-state index contributed by atoms with van der Waals surface area (Å²) in [6.07, 6.45) is 0. The first-order valence-electron chi connectivity index (χ1n) is 8.98. The van der Waals surface area contributed by atoms with Crippen LogP contribution >= 0.6 is 0 Å². The van der Waals surface area contributed by atoms with Crippen molar-refractivity contribution in [2.45, 2.75) is 18.7 Å². The topological polar surface area (TPSA) is 105 Å². The molecule has 156 valence electrons. The maximum Gasteiger partial charge on any atom is 0.264 e. The Morgan fingerprint density at radius 1 is 1.07 bits per heavy atom. The van der Waals surface area contributed by atoms with Crippen LogP contribution < -0.4 is 10.6 Å². The summed E-state index contributed by atoms with van der Waals surface area (Å²) in [6.45, 7) is 4.47. The second-order valence-electron chi connectivity index (χ2n) is 6.73. The molecule has 2 aromatic rings. The number of amides is 2. The van der Waals surface area contributed by atoms with Gasteiger partial charge in [0.2, 0.25) is 0 Å². The van der Waals surface area contributed by atoms with Crippen LogP contribution in [-0.4, -0.2) is 45.4 Å². The molecule has 0 heterocycles. The molecule has 0 aliphatic heterocycles. The van der Waals surface area contributed by atoms with Gasteiger partial charge in [0.05, 0.1) is 23.3 Å². The highest BCUT2D eigenvalue weighted by Crippen LogP contribution is 2.19. The van der Waals surface area contributed by atoms with Crippen molar-refractivity contribution in [3.63, 3.8) is 0 Å². The van der Waals surface area contributed by atoms with Crippen molar-refractivity contribution in [3.05, 3.63) is 59.7 Å². The largest absolute Gasteiger partial charge is 0.352 e. The average molecular weight is 420 g/mol. The first-order chi connectivity index (χ1) is 13.7. The molecule has 2 aromatic carbocycles. The number of benzene rings is 2. The Morgan fingerprint density at radius 3 is 2.41 bits per heavy atom. The van der Waals surface area contributed by atoms with E-state index in [1.165, 1.54) is 38.4 Å². The van der Waals surface area contributed by atoms with Crippen molar-refractivity contribution in [1.82, 2.24) is 9.79 Å². The lowest BCUT2D eigenvalue weighted by atomic mass is 10.1. The standard InChI is InChI=1S/C20H25N3O5S/c1-14(2)13-21-20(25)17-10-5-6-11-18(17)22-19(24)15-8-7-9-16(12-15)29(26,27)23(3)28-4/h5-12,14H,13H2,1-4H3,(H,21,25)(H,22,24). The van der Waals surface area contributed by atoms with E-state index in [2.05, 4.69) is 10.6 Å². The predicted octanol–water partition coefficient (Wildman–Crippen LogP) is 2.51. The number of hydrogen-bond donors (Lipinski definition) is 2. The number of rotatable bonds is 8. The second-order valence-corrected chi connectivity index (χ2v) is 8.66. The zero-order chi connectivity index (χ0) is 21.6. The van der Waals surface area contributed by atoms with E-state index >= 15 is 0 Å². The van der Waals surface area contributed by atoms with Crippen LogP contribution in [0.4, 0.5) is 5.69 Å². The summed E-state index contributed by atoms with van der Waals surface area (Å²) in [5, 5.41) is 5.49. The lowest BCUT2D eigenvalue weighted by Gasteiger charge is -2.15. The molecule has 0 saturated heterocycles. The summed E-state index contributed by atoms with van der Waals surface area (Å²) in [5.74, 6) is -0.547. The molecule has 0 saturated carbocycles. The van der Waals surface area contributed by atoms with Gasteiger partial charge in [0.15, 0.2) is 0 Å². The first kappa shape index (κ1) is 22.5. The zero-order valence-electron chi connectivity index (χ0n) is 16.8. The third-order valence-electron chi connectivity index (χ3n) is 4.08. The quantitative estimate of drug-likeness (QED) is 0.640. The van der Waals surface area contributed by atoms with Crippen LogP contribution in [0.15, 0.2) is 53.4 Å². The van der Waals surface area contributed by atoms with Crippen molar-refractivity contribution >= 4 is 27.5 Å². The normalized spacial score (nSPS) is 11.5. The fourth-order valence-electron chi connectivity index (χ4n) is 2.42. The number of anilines is 1. The molecule has 2 N–H and O–H groups in total. The van der Waals surface area contributed by atoms with E-state index in [1.54, 1.807) is 24.3 Å². The summed E-state index contributed by atoms with van der Waals surface area (Å²) >= 11 is 0. The molecule has 0 unspecified atom stereocenters. The summed E-state index contributed by atoms with van der Waals surface area (Å²) in [6, 6.07) is 12.2. The molecule has 0 fully saturated rings. The molecule has 0 aromatic heterocycles. The molecule has 0 radical (unpaired) electrons. The average Bonchev–Trinajstić information content (AvgIpc) is 2.71. The van der Waals surface area contributed by atoms with Gasteiger partial charge < -0.3 is 10.6 Å². The highest BCUT2D eigenvalue weighted by Gasteiger charge is 2.22. The van der Waals surface area contributed by atoms with Crippen LogP contribution in [0, 0.1) is 5.92 Å². The number of hydrogen-bond acceptors (Lipinski definition) is 5. The van der Waals surface area contributed by atoms with Crippen LogP contribution in [-0.2, 0) is 14.9 Å².